The minimum atomic E-state index is -3.76. The number of hydrogen-bond donors (Lipinski definition) is 4. The van der Waals surface area contributed by atoms with E-state index >= 15 is 0 Å². The van der Waals surface area contributed by atoms with Crippen molar-refractivity contribution in [1.82, 2.24) is 5.32 Å². The third-order valence-corrected chi connectivity index (χ3v) is 7.89. The highest BCUT2D eigenvalue weighted by Crippen LogP contribution is 2.30. The second-order valence-electron chi connectivity index (χ2n) is 8.11. The fraction of sp³-hybridized carbons (Fsp3) is 0.208. The summed E-state index contributed by atoms with van der Waals surface area (Å²) in [5.41, 5.74) is 4.08. The summed E-state index contributed by atoms with van der Waals surface area (Å²) in [5, 5.41) is 8.51. The lowest BCUT2D eigenvalue weighted by Crippen LogP contribution is -2.84. The van der Waals surface area contributed by atoms with Crippen molar-refractivity contribution < 1.29 is 18.5 Å². The van der Waals surface area contributed by atoms with Crippen LogP contribution in [0.3, 0.4) is 0 Å². The minimum absolute atomic E-state index is 0.101. The van der Waals surface area contributed by atoms with Crippen molar-refractivity contribution in [2.75, 3.05) is 16.6 Å². The van der Waals surface area contributed by atoms with Gasteiger partial charge in [-0.15, -0.1) is 0 Å². The van der Waals surface area contributed by atoms with E-state index in [0.717, 1.165) is 19.5 Å². The predicted octanol–water partition coefficient (Wildman–Crippen LogP) is 4.30. The summed E-state index contributed by atoms with van der Waals surface area (Å²) in [7, 11) is -3.76. The monoisotopic (exact) mass is 519 g/mol. The fourth-order valence-electron chi connectivity index (χ4n) is 3.86. The maximum atomic E-state index is 12.8. The number of halogens is 2. The maximum absolute atomic E-state index is 12.8. The maximum Gasteiger partial charge on any atom is 0.319 e. The Balaban J connectivity index is 1.39. The van der Waals surface area contributed by atoms with Gasteiger partial charge in [-0.05, 0) is 60.5 Å². The van der Waals surface area contributed by atoms with Crippen LogP contribution in [0, 0.1) is 0 Å². The summed E-state index contributed by atoms with van der Waals surface area (Å²) >= 11 is 12.3. The van der Waals surface area contributed by atoms with Crippen LogP contribution in [0.1, 0.15) is 29.7 Å². The molecule has 0 saturated heterocycles. The average Bonchev–Trinajstić information content (AvgIpc) is 2.80. The van der Waals surface area contributed by atoms with E-state index in [0.29, 0.717) is 27.0 Å². The average molecular weight is 520 g/mol. The number of urea groups is 1. The molecule has 2 amide bonds. The number of anilines is 2. The van der Waals surface area contributed by atoms with Gasteiger partial charge in [-0.25, -0.2) is 13.2 Å². The summed E-state index contributed by atoms with van der Waals surface area (Å²) in [5.74, 6) is 0. The van der Waals surface area contributed by atoms with E-state index in [9.17, 15) is 13.2 Å². The molecule has 1 atom stereocenters. The molecule has 0 unspecified atom stereocenters. The zero-order valence-electron chi connectivity index (χ0n) is 18.4. The SMILES string of the molecule is C[C@H](NC(=O)Nc1ccc(S(=O)(=O)Nc2ccc3c(c2)CC[NH2+]C3)cc1)c1cccc(Cl)c1Cl. The smallest absolute Gasteiger partial charge is 0.319 e. The number of carbonyl (C=O) groups excluding carboxylic acids is 1. The van der Waals surface area contributed by atoms with Gasteiger partial charge in [-0.1, -0.05) is 41.4 Å². The van der Waals surface area contributed by atoms with Crippen LogP contribution in [-0.4, -0.2) is 21.0 Å². The molecule has 3 aromatic rings. The van der Waals surface area contributed by atoms with Gasteiger partial charge < -0.3 is 16.0 Å². The highest BCUT2D eigenvalue weighted by molar-refractivity contribution is 7.92. The summed E-state index contributed by atoms with van der Waals surface area (Å²) in [6.07, 6.45) is 0.912. The first kappa shape index (κ1) is 24.3. The summed E-state index contributed by atoms with van der Waals surface area (Å²) < 4.78 is 28.3. The van der Waals surface area contributed by atoms with E-state index in [-0.39, 0.29) is 10.9 Å². The number of nitrogens with one attached hydrogen (secondary N) is 3. The van der Waals surface area contributed by atoms with Crippen LogP contribution in [0.5, 0.6) is 0 Å². The van der Waals surface area contributed by atoms with Crippen molar-refractivity contribution in [1.29, 1.82) is 0 Å². The van der Waals surface area contributed by atoms with Crippen LogP contribution in [0.25, 0.3) is 0 Å². The predicted molar refractivity (Wildman–Crippen MR) is 135 cm³/mol. The lowest BCUT2D eigenvalue weighted by molar-refractivity contribution is -0.673. The van der Waals surface area contributed by atoms with Crippen molar-refractivity contribution in [2.45, 2.75) is 30.8 Å². The molecule has 0 aromatic heterocycles. The molecule has 1 aliphatic heterocycles. The largest absolute Gasteiger partial charge is 0.342 e. The second kappa shape index (κ2) is 10.2. The van der Waals surface area contributed by atoms with Crippen molar-refractivity contribution in [3.8, 4) is 0 Å². The molecule has 178 valence electrons. The highest BCUT2D eigenvalue weighted by Gasteiger charge is 2.18. The van der Waals surface area contributed by atoms with Crippen LogP contribution < -0.4 is 20.7 Å². The Kier molecular flexibility index (Phi) is 7.33. The Morgan fingerprint density at radius 1 is 1.00 bits per heavy atom. The Hall–Kier alpha value is -2.78. The molecular weight excluding hydrogens is 495 g/mol. The number of hydrogen-bond acceptors (Lipinski definition) is 3. The molecule has 0 aliphatic carbocycles. The van der Waals surface area contributed by atoms with Gasteiger partial charge in [0.2, 0.25) is 0 Å². The van der Waals surface area contributed by atoms with Crippen LogP contribution >= 0.6 is 23.2 Å². The van der Waals surface area contributed by atoms with Crippen LogP contribution in [-0.2, 0) is 23.0 Å². The third kappa shape index (κ3) is 5.64. The third-order valence-electron chi connectivity index (χ3n) is 5.66. The lowest BCUT2D eigenvalue weighted by Gasteiger charge is -2.17. The zero-order valence-corrected chi connectivity index (χ0v) is 20.8. The Labute approximate surface area is 208 Å². The van der Waals surface area contributed by atoms with Gasteiger partial charge in [0.15, 0.2) is 0 Å². The fourth-order valence-corrected chi connectivity index (χ4v) is 5.39. The first-order valence-corrected chi connectivity index (χ1v) is 13.0. The van der Waals surface area contributed by atoms with Gasteiger partial charge in [0.05, 0.1) is 27.5 Å². The number of sulfonamides is 1. The molecular formula is C24H25Cl2N4O3S+. The lowest BCUT2D eigenvalue weighted by atomic mass is 10.0. The number of rotatable bonds is 6. The number of amides is 2. The van der Waals surface area contributed by atoms with E-state index < -0.39 is 16.1 Å². The number of quaternary nitrogens is 1. The molecule has 0 bridgehead atoms. The van der Waals surface area contributed by atoms with E-state index in [4.69, 9.17) is 23.2 Å². The second-order valence-corrected chi connectivity index (χ2v) is 10.6. The van der Waals surface area contributed by atoms with Crippen LogP contribution in [0.2, 0.25) is 10.0 Å². The first-order chi connectivity index (χ1) is 16.2. The number of fused-ring (bicyclic) bond motifs is 1. The molecule has 1 heterocycles. The number of benzene rings is 3. The summed E-state index contributed by atoms with van der Waals surface area (Å²) in [6.45, 7) is 3.70. The quantitative estimate of drug-likeness (QED) is 0.390. The van der Waals surface area contributed by atoms with Gasteiger partial charge in [0.1, 0.15) is 6.54 Å². The van der Waals surface area contributed by atoms with Gasteiger partial charge in [-0.3, -0.25) is 4.72 Å². The van der Waals surface area contributed by atoms with E-state index in [1.807, 2.05) is 12.1 Å². The molecule has 3 aromatic carbocycles. The van der Waals surface area contributed by atoms with Gasteiger partial charge in [-0.2, -0.15) is 0 Å². The molecule has 4 rings (SSSR count). The molecule has 7 nitrogen and oxygen atoms in total. The van der Waals surface area contributed by atoms with E-state index in [1.54, 1.807) is 31.2 Å². The van der Waals surface area contributed by atoms with Crippen LogP contribution in [0.15, 0.2) is 65.6 Å². The molecule has 10 heteroatoms. The highest BCUT2D eigenvalue weighted by atomic mass is 35.5. The van der Waals surface area contributed by atoms with E-state index in [1.165, 1.54) is 35.4 Å². The first-order valence-electron chi connectivity index (χ1n) is 10.8. The molecule has 5 N–H and O–H groups in total. The Bertz CT molecular complexity index is 1310. The van der Waals surface area contributed by atoms with Crippen molar-refractivity contribution in [3.05, 3.63) is 87.4 Å². The standard InChI is InChI=1S/C24H24Cl2N4O3S/c1-15(21-3-2-4-22(25)23(21)26)28-24(31)29-18-7-9-20(10-8-18)34(32,33)30-19-6-5-17-14-27-12-11-16(17)13-19/h2-10,13,15,27,30H,11-12,14H2,1H3,(H2,28,29,31)/p+1/t15-/m0/s1. The number of nitrogens with two attached hydrogens (primary N) is 1. The molecule has 0 saturated carbocycles. The summed E-state index contributed by atoms with van der Waals surface area (Å²) in [4.78, 5) is 12.5. The van der Waals surface area contributed by atoms with Crippen molar-refractivity contribution >= 4 is 50.6 Å². The molecule has 1 aliphatic rings. The Morgan fingerprint density at radius 2 is 1.74 bits per heavy atom. The van der Waals surface area contributed by atoms with Gasteiger partial charge in [0, 0.05) is 23.4 Å². The molecule has 0 radical (unpaired) electrons. The molecule has 0 fully saturated rings. The van der Waals surface area contributed by atoms with Gasteiger partial charge >= 0.3 is 6.03 Å². The normalized spacial score (nSPS) is 14.1. The van der Waals surface area contributed by atoms with Gasteiger partial charge in [0.25, 0.3) is 10.0 Å². The molecule has 0 spiro atoms. The number of carbonyl (C=O) groups is 1. The van der Waals surface area contributed by atoms with E-state index in [2.05, 4.69) is 20.7 Å². The van der Waals surface area contributed by atoms with Crippen molar-refractivity contribution in [3.63, 3.8) is 0 Å². The van der Waals surface area contributed by atoms with Crippen LogP contribution in [0.4, 0.5) is 16.2 Å². The summed E-state index contributed by atoms with van der Waals surface area (Å²) in [6, 6.07) is 16.0. The Morgan fingerprint density at radius 3 is 2.50 bits per heavy atom. The molecule has 34 heavy (non-hydrogen) atoms. The van der Waals surface area contributed by atoms with Crippen molar-refractivity contribution in [2.24, 2.45) is 0 Å². The minimum Gasteiger partial charge on any atom is -0.342 e. The topological polar surface area (TPSA) is 104 Å². The zero-order chi connectivity index (χ0) is 24.3.